The van der Waals surface area contributed by atoms with Crippen LogP contribution in [-0.2, 0) is 49.6 Å². The van der Waals surface area contributed by atoms with Gasteiger partial charge in [0.15, 0.2) is 22.6 Å². The lowest BCUT2D eigenvalue weighted by Crippen LogP contribution is -2.41. The van der Waals surface area contributed by atoms with Crippen molar-refractivity contribution >= 4 is 150 Å². The second-order valence-corrected chi connectivity index (χ2v) is 48.3. The molecule has 0 unspecified atom stereocenters. The smallest absolute Gasteiger partial charge is 0.256 e. The predicted octanol–water partition coefficient (Wildman–Crippen LogP) is 12.5. The molecule has 4 aromatic carbocycles. The van der Waals surface area contributed by atoms with Crippen LogP contribution in [0.4, 0.5) is 63.3 Å². The quantitative estimate of drug-likeness (QED) is 0.0393. The summed E-state index contributed by atoms with van der Waals surface area (Å²) in [5.41, 5.74) is 21.0. The number of hydrogen-bond donors (Lipinski definition) is 5. The molecule has 22 rings (SSSR count). The number of morpholine rings is 2. The van der Waals surface area contributed by atoms with Crippen molar-refractivity contribution in [2.45, 2.75) is 175 Å². The zero-order chi connectivity index (χ0) is 105. The number of sulfonamides is 4. The molecule has 6 N–H and O–H groups in total. The maximum absolute atomic E-state index is 14.0. The molecule has 0 spiro atoms. The van der Waals surface area contributed by atoms with E-state index in [1.165, 1.54) is 31.4 Å². The lowest BCUT2D eigenvalue weighted by atomic mass is 9.97. The number of carbonyl (C=O) groups excluding carboxylic acids is 4. The number of hydrogen-bond acceptors (Lipinski definition) is 29. The van der Waals surface area contributed by atoms with Gasteiger partial charge in [-0.25, -0.2) is 62.6 Å². The highest BCUT2D eigenvalue weighted by molar-refractivity contribution is 7.92. The number of aryl methyl sites for hydroxylation is 5. The largest absolute Gasteiger partial charge is 0.399 e. The number of benzene rings is 4. The Kier molecular flexibility index (Phi) is 30.4. The number of aromatic nitrogens is 12. The summed E-state index contributed by atoms with van der Waals surface area (Å²) in [4.78, 5) is 96.4. The first-order valence-corrected chi connectivity index (χ1v) is 59.4. The zero-order valence-corrected chi connectivity index (χ0v) is 89.8. The summed E-state index contributed by atoms with van der Waals surface area (Å²) >= 11 is 0. The zero-order valence-electron chi connectivity index (χ0n) is 86.6. The first-order chi connectivity index (χ1) is 71.2. The first kappa shape index (κ1) is 104. The van der Waals surface area contributed by atoms with E-state index < -0.39 is 40.1 Å². The van der Waals surface area contributed by atoms with Gasteiger partial charge in [0.25, 0.3) is 23.6 Å². The molecule has 10 aliphatic rings. The van der Waals surface area contributed by atoms with Crippen LogP contribution >= 0.6 is 0 Å². The summed E-state index contributed by atoms with van der Waals surface area (Å²) in [5.74, 6) is 5.75. The second kappa shape index (κ2) is 43.4. The lowest BCUT2D eigenvalue weighted by molar-refractivity contribution is 0.0599. The summed E-state index contributed by atoms with van der Waals surface area (Å²) in [7, 11) is -14.2. The van der Waals surface area contributed by atoms with Crippen molar-refractivity contribution in [3.05, 3.63) is 194 Å². The van der Waals surface area contributed by atoms with Crippen LogP contribution in [-0.4, -0.2) is 291 Å². The number of nitrogens with two attached hydrogens (primary N) is 1. The number of fused-ring (bicyclic) bond motifs is 4. The van der Waals surface area contributed by atoms with Crippen molar-refractivity contribution in [1.29, 1.82) is 0 Å². The van der Waals surface area contributed by atoms with Gasteiger partial charge in [-0.1, -0.05) is 41.8 Å². The topological polar surface area (TPSA) is 451 Å². The number of rotatable bonds is 22. The van der Waals surface area contributed by atoms with Crippen LogP contribution < -0.4 is 54.0 Å². The summed E-state index contributed by atoms with van der Waals surface area (Å²) in [6, 6.07) is 29.4. The molecule has 149 heavy (non-hydrogen) atoms. The van der Waals surface area contributed by atoms with Crippen LogP contribution in [0.25, 0.3) is 22.6 Å². The third kappa shape index (κ3) is 23.5. The molecule has 18 heterocycles. The standard InChI is InChI=1S/C27H36N8O4S.C27H35N7O4S.C26H34N6O3S.C24H30N6O3S/c1-18-25(32-9-5-10-32)29-24-17-22(30-35(24)26(18)33-12-14-39-15-13-33)23-6-3-4-11-34(23)27(36)20-16-19(28)7-8-21(20)31-40(2,37)38;1-19-7-8-21(30-39(2,36)37)20(16-19)27(35)33-11-4-3-6-23(33)22-17-25-28-24(31-9-5-10-31)18-26(34(25)29-22)32-12-14-38-15-13-32;1-17-8-9-21(29-36(4,34)35)20(13-17)26(33)31-11-6-5-7-23(31)22-14-24-27-25(19(3)16-32(24)28-22)30-12-10-18(2)15-30;1-16-8-9-19(27-34(3,32)33)18(13-16)24(31)29-12-5-4-7-21(29)20-14-22-25-23(28-10-6-11-28)17(2)15-30(22)26-20/h7-8,16-17,23,31H,3-6,9-15,28H2,1-2H3;7-8,16-18,23,30H,3-6,9-15H2,1-2H3;8-9,13-14,16,18,23,29H,5-7,10-12,15H2,1-4H3;8-9,13-15,21,27H,4-7,10-12H2,1-3H3/t2*23-;18-,23-;21-/m0000/s1. The number of carbonyl (C=O) groups is 4. The molecule has 45 heteroatoms. The van der Waals surface area contributed by atoms with E-state index in [0.29, 0.717) is 98.0 Å². The Labute approximate surface area is 869 Å². The van der Waals surface area contributed by atoms with Crippen molar-refractivity contribution in [3.63, 3.8) is 0 Å². The van der Waals surface area contributed by atoms with E-state index in [0.717, 1.165) is 301 Å². The van der Waals surface area contributed by atoms with Gasteiger partial charge in [-0.05, 0) is 205 Å². The summed E-state index contributed by atoms with van der Waals surface area (Å²) < 4.78 is 124. The van der Waals surface area contributed by atoms with Crippen LogP contribution in [0.2, 0.25) is 0 Å². The van der Waals surface area contributed by atoms with Crippen LogP contribution in [0.15, 0.2) is 116 Å². The number of nitrogen functional groups attached to an aromatic ring is 1. The number of piperidine rings is 4. The third-order valence-corrected chi connectivity index (χ3v) is 31.8. The van der Waals surface area contributed by atoms with E-state index in [9.17, 15) is 52.8 Å². The lowest BCUT2D eigenvalue weighted by Gasteiger charge is -2.36. The van der Waals surface area contributed by atoms with E-state index in [2.05, 4.69) is 75.1 Å². The summed E-state index contributed by atoms with van der Waals surface area (Å²) in [6.45, 7) is 30.3. The van der Waals surface area contributed by atoms with Crippen LogP contribution in [0.5, 0.6) is 0 Å². The molecule has 0 radical (unpaired) electrons. The van der Waals surface area contributed by atoms with Crippen LogP contribution in [0.1, 0.15) is 231 Å². The molecule has 10 fully saturated rings. The fraction of sp³-hybridized carbons (Fsp3) is 0.500. The van der Waals surface area contributed by atoms with Crippen molar-refractivity contribution in [3.8, 4) is 0 Å². The Bertz CT molecular complexity index is 7580. The van der Waals surface area contributed by atoms with Gasteiger partial charge in [0.05, 0.1) is 143 Å². The average molecular weight is 2120 g/mol. The number of amides is 4. The molecule has 8 aromatic heterocycles. The van der Waals surface area contributed by atoms with Crippen molar-refractivity contribution < 1.29 is 62.3 Å². The monoisotopic (exact) mass is 2110 g/mol. The van der Waals surface area contributed by atoms with Gasteiger partial charge in [-0.15, -0.1) is 0 Å². The molecule has 41 nitrogen and oxygen atoms in total. The SMILES string of the molecule is Cc1c(N2CCC2)nc2cc([C@@H]3CCCCN3C(=O)c3cc(N)ccc3NS(C)(=O)=O)nn2c1N1CCOCC1.Cc1ccc(NS(C)(=O)=O)c(C(=O)N2CCCC[C@H]2c2cc3nc(N4CCC4)c(C)cn3n2)c1.Cc1ccc(NS(C)(=O)=O)c(C(=O)N2CCCC[C@H]2c2cc3nc(N4CCC4)cc(N4CCOCC4)n3n2)c1.Cc1ccc(NS(C)(=O)=O)c(C(=O)N2CCCC[C@H]2c2cc3nc(N4CC[C@H](C)C4)c(C)cn3n2)c1. The van der Waals surface area contributed by atoms with E-state index in [-0.39, 0.29) is 59.0 Å². The Morgan fingerprint density at radius 3 is 1.07 bits per heavy atom. The Morgan fingerprint density at radius 2 is 0.691 bits per heavy atom. The highest BCUT2D eigenvalue weighted by Gasteiger charge is 2.41. The van der Waals surface area contributed by atoms with Crippen molar-refractivity contribution in [2.24, 2.45) is 5.92 Å². The van der Waals surface area contributed by atoms with E-state index in [1.807, 2.05) is 92.6 Å². The Balaban J connectivity index is 0.000000125. The van der Waals surface area contributed by atoms with E-state index in [1.54, 1.807) is 70.1 Å². The minimum absolute atomic E-state index is 0.192. The molecule has 794 valence electrons. The van der Waals surface area contributed by atoms with Crippen molar-refractivity contribution in [1.82, 2.24) is 78.0 Å². The molecule has 0 saturated carbocycles. The van der Waals surface area contributed by atoms with Gasteiger partial charge in [-0.3, -0.25) is 38.1 Å². The number of nitrogens with zero attached hydrogens (tertiary/aromatic N) is 22. The van der Waals surface area contributed by atoms with Gasteiger partial charge in [0.1, 0.15) is 34.9 Å². The molecular weight excluding hydrogens is 1980 g/mol. The summed E-state index contributed by atoms with van der Waals surface area (Å²) in [6.07, 6.45) is 23.6. The molecule has 12 aromatic rings. The molecular formula is C104H135N27O14S4. The third-order valence-electron chi connectivity index (χ3n) is 29.4. The van der Waals surface area contributed by atoms with Gasteiger partial charge in [0, 0.05) is 170 Å². The normalized spacial score (nSPS) is 20.0. The molecule has 0 bridgehead atoms. The fourth-order valence-electron chi connectivity index (χ4n) is 21.7. The van der Waals surface area contributed by atoms with Gasteiger partial charge in [-0.2, -0.15) is 29.4 Å². The average Bonchev–Trinajstić information content (AvgIpc) is 1.63. The van der Waals surface area contributed by atoms with Gasteiger partial charge < -0.3 is 64.2 Å². The highest BCUT2D eigenvalue weighted by Crippen LogP contribution is 2.43. The maximum Gasteiger partial charge on any atom is 0.256 e. The molecule has 10 saturated heterocycles. The Morgan fingerprint density at radius 1 is 0.342 bits per heavy atom. The van der Waals surface area contributed by atoms with Gasteiger partial charge >= 0.3 is 0 Å². The Hall–Kier alpha value is -13.2. The predicted molar refractivity (Wildman–Crippen MR) is 577 cm³/mol. The van der Waals surface area contributed by atoms with E-state index >= 15 is 0 Å². The molecule has 4 amide bonds. The number of nitrogens with one attached hydrogen (secondary N) is 4. The second-order valence-electron chi connectivity index (χ2n) is 41.3. The highest BCUT2D eigenvalue weighted by atomic mass is 32.2. The number of likely N-dealkylation sites (tertiary alicyclic amines) is 4. The first-order valence-electron chi connectivity index (χ1n) is 51.8. The number of ether oxygens (including phenoxy) is 2. The van der Waals surface area contributed by atoms with Crippen LogP contribution in [0, 0.1) is 47.5 Å². The van der Waals surface area contributed by atoms with Gasteiger partial charge in [0.2, 0.25) is 40.1 Å². The van der Waals surface area contributed by atoms with Crippen molar-refractivity contribution in [2.75, 3.05) is 210 Å². The minimum atomic E-state index is -3.59. The minimum Gasteiger partial charge on any atom is -0.399 e. The van der Waals surface area contributed by atoms with Crippen LogP contribution in [0.3, 0.4) is 0 Å². The number of anilines is 11. The van der Waals surface area contributed by atoms with E-state index in [4.69, 9.17) is 55.5 Å². The summed E-state index contributed by atoms with van der Waals surface area (Å²) in [5, 5.41) is 19.7. The fourth-order valence-corrected chi connectivity index (χ4v) is 24.0. The maximum atomic E-state index is 14.0. The molecule has 10 aliphatic heterocycles. The molecule has 0 aliphatic carbocycles. The molecule has 5 atom stereocenters.